The van der Waals surface area contributed by atoms with E-state index in [1.54, 1.807) is 18.2 Å². The van der Waals surface area contributed by atoms with Crippen molar-refractivity contribution in [2.75, 3.05) is 11.9 Å². The third-order valence-electron chi connectivity index (χ3n) is 2.99. The Morgan fingerprint density at radius 2 is 1.95 bits per heavy atom. The lowest BCUT2D eigenvalue weighted by Gasteiger charge is -2.15. The van der Waals surface area contributed by atoms with E-state index >= 15 is 0 Å². The number of benzene rings is 2. The predicted molar refractivity (Wildman–Crippen MR) is 88.8 cm³/mol. The van der Waals surface area contributed by atoms with Crippen LogP contribution in [0.1, 0.15) is 17.2 Å². The molecule has 0 heterocycles. The molecule has 2 rings (SSSR count). The second-order valence-corrected chi connectivity index (χ2v) is 6.22. The van der Waals surface area contributed by atoms with Crippen LogP contribution in [-0.4, -0.2) is 11.7 Å². The van der Waals surface area contributed by atoms with Crippen LogP contribution < -0.4 is 5.32 Å². The van der Waals surface area contributed by atoms with Gasteiger partial charge in [-0.15, -0.1) is 0 Å². The largest absolute Gasteiger partial charge is 0.387 e. The monoisotopic (exact) mass is 373 g/mol. The van der Waals surface area contributed by atoms with Crippen molar-refractivity contribution in [2.45, 2.75) is 13.0 Å². The van der Waals surface area contributed by atoms with Crippen LogP contribution in [0.2, 0.25) is 10.0 Å². The molecule has 0 aliphatic carbocycles. The highest BCUT2D eigenvalue weighted by Gasteiger charge is 2.12. The molecule has 2 N–H and O–H groups in total. The topological polar surface area (TPSA) is 32.3 Å². The SMILES string of the molecule is Cc1ccc(NCC(O)c2cc(Cl)ccc2Cl)cc1Br. The summed E-state index contributed by atoms with van der Waals surface area (Å²) >= 11 is 15.5. The number of aryl methyl sites for hydroxylation is 1. The Balaban J connectivity index is 2.06. The van der Waals surface area contributed by atoms with E-state index in [9.17, 15) is 5.11 Å². The highest BCUT2D eigenvalue weighted by molar-refractivity contribution is 9.10. The van der Waals surface area contributed by atoms with E-state index in [1.807, 2.05) is 25.1 Å². The number of anilines is 1. The van der Waals surface area contributed by atoms with Gasteiger partial charge in [-0.3, -0.25) is 0 Å². The molecule has 0 fully saturated rings. The van der Waals surface area contributed by atoms with Crippen LogP contribution in [0.3, 0.4) is 0 Å². The summed E-state index contributed by atoms with van der Waals surface area (Å²) < 4.78 is 1.03. The van der Waals surface area contributed by atoms with Gasteiger partial charge in [0.1, 0.15) is 0 Å². The van der Waals surface area contributed by atoms with Gasteiger partial charge in [0.15, 0.2) is 0 Å². The molecule has 106 valence electrons. The van der Waals surface area contributed by atoms with Gasteiger partial charge in [-0.1, -0.05) is 45.2 Å². The van der Waals surface area contributed by atoms with Gasteiger partial charge in [0.2, 0.25) is 0 Å². The number of aliphatic hydroxyl groups is 1. The average molecular weight is 375 g/mol. The van der Waals surface area contributed by atoms with Crippen LogP contribution in [0.4, 0.5) is 5.69 Å². The Morgan fingerprint density at radius 3 is 2.65 bits per heavy atom. The number of nitrogens with one attached hydrogen (secondary N) is 1. The van der Waals surface area contributed by atoms with Gasteiger partial charge in [-0.05, 0) is 42.8 Å². The molecule has 0 amide bonds. The summed E-state index contributed by atoms with van der Waals surface area (Å²) in [6.45, 7) is 2.38. The summed E-state index contributed by atoms with van der Waals surface area (Å²) in [5.41, 5.74) is 2.71. The van der Waals surface area contributed by atoms with E-state index in [0.717, 1.165) is 15.7 Å². The van der Waals surface area contributed by atoms with Gasteiger partial charge in [0, 0.05) is 32.3 Å². The van der Waals surface area contributed by atoms with Gasteiger partial charge in [-0.2, -0.15) is 0 Å². The minimum absolute atomic E-state index is 0.357. The molecule has 5 heteroatoms. The zero-order chi connectivity index (χ0) is 14.7. The Morgan fingerprint density at radius 1 is 1.20 bits per heavy atom. The molecular formula is C15H14BrCl2NO. The highest BCUT2D eigenvalue weighted by Crippen LogP contribution is 2.27. The molecule has 0 saturated carbocycles. The summed E-state index contributed by atoms with van der Waals surface area (Å²) in [4.78, 5) is 0. The van der Waals surface area contributed by atoms with Crippen molar-refractivity contribution in [3.8, 4) is 0 Å². The Bertz CT molecular complexity index is 619. The smallest absolute Gasteiger partial charge is 0.0977 e. The maximum Gasteiger partial charge on any atom is 0.0977 e. The van der Waals surface area contributed by atoms with Gasteiger partial charge < -0.3 is 10.4 Å². The molecule has 2 aromatic carbocycles. The van der Waals surface area contributed by atoms with Gasteiger partial charge in [-0.25, -0.2) is 0 Å². The Hall–Kier alpha value is -0.740. The molecular weight excluding hydrogens is 361 g/mol. The molecule has 0 aromatic heterocycles. The predicted octanol–water partition coefficient (Wildman–Crippen LogP) is 5.21. The van der Waals surface area contributed by atoms with Crippen molar-refractivity contribution < 1.29 is 5.11 Å². The van der Waals surface area contributed by atoms with Gasteiger partial charge >= 0.3 is 0 Å². The standard InChI is InChI=1S/C15H14BrCl2NO/c1-9-2-4-11(7-13(9)16)19-8-15(20)12-6-10(17)3-5-14(12)18/h2-7,15,19-20H,8H2,1H3. The summed E-state index contributed by atoms with van der Waals surface area (Å²) in [6, 6.07) is 11.0. The molecule has 20 heavy (non-hydrogen) atoms. The first-order valence-corrected chi connectivity index (χ1v) is 7.65. The molecule has 0 spiro atoms. The van der Waals surface area contributed by atoms with E-state index in [1.165, 1.54) is 0 Å². The van der Waals surface area contributed by atoms with Crippen molar-refractivity contribution in [3.63, 3.8) is 0 Å². The fourth-order valence-corrected chi connectivity index (χ4v) is 2.60. The van der Waals surface area contributed by atoms with Crippen molar-refractivity contribution in [1.82, 2.24) is 0 Å². The normalized spacial score (nSPS) is 12.2. The minimum atomic E-state index is -0.721. The zero-order valence-corrected chi connectivity index (χ0v) is 13.9. The highest BCUT2D eigenvalue weighted by atomic mass is 79.9. The maximum absolute atomic E-state index is 10.2. The van der Waals surface area contributed by atoms with Crippen molar-refractivity contribution in [1.29, 1.82) is 0 Å². The summed E-state index contributed by atoms with van der Waals surface area (Å²) in [7, 11) is 0. The fraction of sp³-hybridized carbons (Fsp3) is 0.200. The molecule has 0 aliphatic heterocycles. The molecule has 2 aromatic rings. The van der Waals surface area contributed by atoms with Crippen LogP contribution in [-0.2, 0) is 0 Å². The van der Waals surface area contributed by atoms with Gasteiger partial charge in [0.25, 0.3) is 0 Å². The van der Waals surface area contributed by atoms with E-state index in [2.05, 4.69) is 21.2 Å². The molecule has 0 saturated heterocycles. The molecule has 1 unspecified atom stereocenters. The first kappa shape index (κ1) is 15.6. The van der Waals surface area contributed by atoms with E-state index in [4.69, 9.17) is 23.2 Å². The third-order valence-corrected chi connectivity index (χ3v) is 4.42. The lowest BCUT2D eigenvalue weighted by Crippen LogP contribution is -2.12. The van der Waals surface area contributed by atoms with E-state index < -0.39 is 6.10 Å². The van der Waals surface area contributed by atoms with E-state index in [0.29, 0.717) is 22.2 Å². The van der Waals surface area contributed by atoms with Gasteiger partial charge in [0.05, 0.1) is 6.10 Å². The van der Waals surface area contributed by atoms with E-state index in [-0.39, 0.29) is 0 Å². The molecule has 2 nitrogen and oxygen atoms in total. The number of hydrogen-bond acceptors (Lipinski definition) is 2. The second kappa shape index (κ2) is 6.81. The molecule has 0 aliphatic rings. The van der Waals surface area contributed by atoms with Crippen molar-refractivity contribution >= 4 is 44.8 Å². The first-order chi connectivity index (χ1) is 9.47. The lowest BCUT2D eigenvalue weighted by atomic mass is 10.1. The summed E-state index contributed by atoms with van der Waals surface area (Å²) in [5.74, 6) is 0. The summed E-state index contributed by atoms with van der Waals surface area (Å²) in [6.07, 6.45) is -0.721. The van der Waals surface area contributed by atoms with Crippen LogP contribution in [0, 0.1) is 6.92 Å². The van der Waals surface area contributed by atoms with Crippen LogP contribution in [0.25, 0.3) is 0 Å². The van der Waals surface area contributed by atoms with Crippen molar-refractivity contribution in [2.24, 2.45) is 0 Å². The molecule has 0 bridgehead atoms. The number of hydrogen-bond donors (Lipinski definition) is 2. The third kappa shape index (κ3) is 3.89. The number of halogens is 3. The number of aliphatic hydroxyl groups excluding tert-OH is 1. The first-order valence-electron chi connectivity index (χ1n) is 6.10. The Labute approximate surface area is 136 Å². The van der Waals surface area contributed by atoms with Crippen LogP contribution in [0.5, 0.6) is 0 Å². The quantitative estimate of drug-likeness (QED) is 0.769. The maximum atomic E-state index is 10.2. The van der Waals surface area contributed by atoms with Crippen LogP contribution >= 0.6 is 39.1 Å². The average Bonchev–Trinajstić information content (AvgIpc) is 2.42. The Kier molecular flexibility index (Phi) is 5.33. The van der Waals surface area contributed by atoms with Crippen LogP contribution in [0.15, 0.2) is 40.9 Å². The lowest BCUT2D eigenvalue weighted by molar-refractivity contribution is 0.192. The minimum Gasteiger partial charge on any atom is -0.387 e. The fourth-order valence-electron chi connectivity index (χ4n) is 1.80. The number of rotatable bonds is 4. The summed E-state index contributed by atoms with van der Waals surface area (Å²) in [5, 5.41) is 14.4. The second-order valence-electron chi connectivity index (χ2n) is 4.53. The zero-order valence-electron chi connectivity index (χ0n) is 10.8. The van der Waals surface area contributed by atoms with Crippen molar-refractivity contribution in [3.05, 3.63) is 62.0 Å². The molecule has 1 atom stereocenters. The molecule has 0 radical (unpaired) electrons.